The minimum absolute atomic E-state index is 0.0689. The highest BCUT2D eigenvalue weighted by Crippen LogP contribution is 2.42. The number of rotatable bonds is 2. The molecule has 0 unspecified atom stereocenters. The second-order valence-corrected chi connectivity index (χ2v) is 8.95. The van der Waals surface area contributed by atoms with Gasteiger partial charge in [-0.25, -0.2) is 23.7 Å². The van der Waals surface area contributed by atoms with E-state index < -0.39 is 11.6 Å². The van der Waals surface area contributed by atoms with Crippen molar-refractivity contribution in [3.05, 3.63) is 41.2 Å². The molecule has 2 aromatic heterocycles. The Morgan fingerprint density at radius 3 is 2.68 bits per heavy atom. The maximum absolute atomic E-state index is 15.8. The van der Waals surface area contributed by atoms with Gasteiger partial charge in [0.05, 0.1) is 15.2 Å². The molecule has 0 radical (unpaired) electrons. The largest absolute Gasteiger partial charge is 0.375 e. The summed E-state index contributed by atoms with van der Waals surface area (Å²) in [7, 11) is 0. The number of aromatic nitrogens is 3. The molecule has 0 spiro atoms. The monoisotopic (exact) mass is 499 g/mol. The van der Waals surface area contributed by atoms with Gasteiger partial charge >= 0.3 is 0 Å². The minimum Gasteiger partial charge on any atom is -0.375 e. The molecule has 4 aromatic rings. The van der Waals surface area contributed by atoms with E-state index in [-0.39, 0.29) is 37.4 Å². The number of hydrogen-bond acceptors (Lipinski definition) is 8. The Hall–Kier alpha value is -3.82. The SMILES string of the molecule is N#CN=C(N)N1CCN(c2ncnc3c(F)c(-c4ccc(F)c5sc(N)nc45)c(Cl)cc23)CC1. The van der Waals surface area contributed by atoms with Crippen LogP contribution in [0.2, 0.25) is 5.02 Å². The van der Waals surface area contributed by atoms with E-state index in [2.05, 4.69) is 19.9 Å². The number of halogens is 3. The number of aliphatic imine (C=N–C) groups is 1. The molecule has 1 aliphatic heterocycles. The molecule has 1 fully saturated rings. The molecule has 9 nitrogen and oxygen atoms in total. The summed E-state index contributed by atoms with van der Waals surface area (Å²) in [5, 5.41) is 9.42. The lowest BCUT2D eigenvalue weighted by atomic mass is 10.0. The normalized spacial score (nSPS) is 14.7. The molecule has 34 heavy (non-hydrogen) atoms. The van der Waals surface area contributed by atoms with Crippen molar-refractivity contribution in [3.63, 3.8) is 0 Å². The minimum atomic E-state index is -0.658. The van der Waals surface area contributed by atoms with Crippen LogP contribution in [-0.2, 0) is 0 Å². The van der Waals surface area contributed by atoms with Gasteiger partial charge in [-0.1, -0.05) is 22.9 Å². The smallest absolute Gasteiger partial charge is 0.209 e. The van der Waals surface area contributed by atoms with Crippen LogP contribution in [0.5, 0.6) is 0 Å². The summed E-state index contributed by atoms with van der Waals surface area (Å²) in [4.78, 5) is 20.0. The van der Waals surface area contributed by atoms with Crippen LogP contribution < -0.4 is 16.4 Å². The lowest BCUT2D eigenvalue weighted by molar-refractivity contribution is 0.381. The van der Waals surface area contributed by atoms with E-state index in [1.807, 2.05) is 4.90 Å². The summed E-state index contributed by atoms with van der Waals surface area (Å²) < 4.78 is 30.3. The Bertz CT molecular complexity index is 1510. The second kappa shape index (κ2) is 8.51. The summed E-state index contributed by atoms with van der Waals surface area (Å²) in [5.41, 5.74) is 12.3. The zero-order chi connectivity index (χ0) is 24.0. The summed E-state index contributed by atoms with van der Waals surface area (Å²) >= 11 is 7.55. The summed E-state index contributed by atoms with van der Waals surface area (Å²) in [6, 6.07) is 4.27. The quantitative estimate of drug-likeness (QED) is 0.244. The Balaban J connectivity index is 1.58. The molecule has 0 amide bonds. The highest BCUT2D eigenvalue weighted by Gasteiger charge is 2.25. The van der Waals surface area contributed by atoms with Gasteiger partial charge in [-0.05, 0) is 18.2 Å². The van der Waals surface area contributed by atoms with Gasteiger partial charge in [-0.3, -0.25) is 0 Å². The van der Waals surface area contributed by atoms with E-state index in [4.69, 9.17) is 28.3 Å². The predicted molar refractivity (Wildman–Crippen MR) is 129 cm³/mol. The first-order valence-electron chi connectivity index (χ1n) is 10.1. The summed E-state index contributed by atoms with van der Waals surface area (Å²) in [6.45, 7) is 2.06. The van der Waals surface area contributed by atoms with Crippen LogP contribution in [0.25, 0.3) is 32.2 Å². The predicted octanol–water partition coefficient (Wildman–Crippen LogP) is 3.34. The lowest BCUT2D eigenvalue weighted by Gasteiger charge is -2.36. The Kier molecular flexibility index (Phi) is 5.51. The van der Waals surface area contributed by atoms with Crippen LogP contribution >= 0.6 is 22.9 Å². The third-order valence-corrected chi connectivity index (χ3v) is 6.84. The molecule has 13 heteroatoms. The number of anilines is 2. The molecule has 0 saturated carbocycles. The Morgan fingerprint density at radius 2 is 1.94 bits per heavy atom. The number of nitriles is 1. The first kappa shape index (κ1) is 22.0. The van der Waals surface area contributed by atoms with E-state index in [1.54, 1.807) is 17.2 Å². The molecular formula is C21H16ClF2N9S. The van der Waals surface area contributed by atoms with Gasteiger partial charge in [-0.2, -0.15) is 5.26 Å². The second-order valence-electron chi connectivity index (χ2n) is 7.51. The fraction of sp³-hybridized carbons (Fsp3) is 0.190. The fourth-order valence-corrected chi connectivity index (χ4v) is 5.14. The summed E-state index contributed by atoms with van der Waals surface area (Å²) in [6.07, 6.45) is 2.97. The highest BCUT2D eigenvalue weighted by atomic mass is 35.5. The molecule has 4 N–H and O–H groups in total. The van der Waals surface area contributed by atoms with Crippen molar-refractivity contribution in [2.24, 2.45) is 10.7 Å². The number of fused-ring (bicyclic) bond motifs is 2. The van der Waals surface area contributed by atoms with E-state index in [9.17, 15) is 4.39 Å². The molecule has 1 aliphatic rings. The first-order chi connectivity index (χ1) is 16.4. The number of hydrogen-bond donors (Lipinski definition) is 2. The van der Waals surface area contributed by atoms with Crippen molar-refractivity contribution in [2.75, 3.05) is 36.8 Å². The van der Waals surface area contributed by atoms with Gasteiger partial charge in [0.25, 0.3) is 0 Å². The third kappa shape index (κ3) is 3.59. The number of benzene rings is 2. The first-order valence-corrected chi connectivity index (χ1v) is 11.3. The third-order valence-electron chi connectivity index (χ3n) is 5.65. The van der Waals surface area contributed by atoms with Crippen LogP contribution in [0.4, 0.5) is 19.7 Å². The van der Waals surface area contributed by atoms with Crippen LogP contribution in [0, 0.1) is 23.1 Å². The van der Waals surface area contributed by atoms with Gasteiger partial charge in [0.2, 0.25) is 12.2 Å². The van der Waals surface area contributed by atoms with Crippen molar-refractivity contribution >= 4 is 61.0 Å². The van der Waals surface area contributed by atoms with Gasteiger partial charge in [0.15, 0.2) is 10.9 Å². The van der Waals surface area contributed by atoms with Crippen molar-refractivity contribution in [2.45, 2.75) is 0 Å². The van der Waals surface area contributed by atoms with E-state index in [0.717, 1.165) is 11.3 Å². The maximum Gasteiger partial charge on any atom is 0.209 e. The molecule has 172 valence electrons. The number of guanidine groups is 1. The van der Waals surface area contributed by atoms with E-state index in [0.29, 0.717) is 42.9 Å². The van der Waals surface area contributed by atoms with E-state index in [1.165, 1.54) is 18.5 Å². The van der Waals surface area contributed by atoms with Gasteiger partial charge < -0.3 is 21.3 Å². The zero-order valence-corrected chi connectivity index (χ0v) is 19.0. The van der Waals surface area contributed by atoms with Crippen molar-refractivity contribution < 1.29 is 8.78 Å². The van der Waals surface area contributed by atoms with Gasteiger partial charge in [0, 0.05) is 42.7 Å². The van der Waals surface area contributed by atoms with E-state index >= 15 is 4.39 Å². The number of thiazole rings is 1. The molecule has 0 atom stereocenters. The molecular weight excluding hydrogens is 484 g/mol. The number of piperazine rings is 1. The van der Waals surface area contributed by atoms with Crippen LogP contribution in [0.1, 0.15) is 0 Å². The summed E-state index contributed by atoms with van der Waals surface area (Å²) in [5.74, 6) is -0.471. The van der Waals surface area contributed by atoms with Crippen LogP contribution in [0.15, 0.2) is 29.5 Å². The number of nitrogen functional groups attached to an aromatic ring is 1. The van der Waals surface area contributed by atoms with Crippen LogP contribution in [-0.4, -0.2) is 52.0 Å². The Morgan fingerprint density at radius 1 is 1.18 bits per heavy atom. The van der Waals surface area contributed by atoms with Crippen molar-refractivity contribution in [1.82, 2.24) is 19.9 Å². The van der Waals surface area contributed by atoms with Crippen LogP contribution in [0.3, 0.4) is 0 Å². The molecule has 1 saturated heterocycles. The molecule has 5 rings (SSSR count). The van der Waals surface area contributed by atoms with Gasteiger partial charge in [-0.15, -0.1) is 4.99 Å². The Labute approximate surface area is 200 Å². The average Bonchev–Trinajstić information content (AvgIpc) is 3.23. The molecule has 3 heterocycles. The molecule has 0 bridgehead atoms. The topological polar surface area (TPSA) is 133 Å². The molecule has 2 aromatic carbocycles. The standard InChI is InChI=1S/C21H16ClF2N9S/c22-12-7-11-16(15(24)14(12)10-1-2-13(23)18-17(10)31-21(27)34-18)29-9-30-19(11)32-3-5-33(6-4-32)20(26)28-8-25/h1-2,7,9H,3-6H2,(H2,26,28)(H2,27,31). The fourth-order valence-electron chi connectivity index (χ4n) is 4.08. The zero-order valence-electron chi connectivity index (χ0n) is 17.5. The molecule has 0 aliphatic carbocycles. The number of nitrogens with two attached hydrogens (primary N) is 2. The lowest BCUT2D eigenvalue weighted by Crippen LogP contribution is -2.51. The van der Waals surface area contributed by atoms with Gasteiger partial charge in [0.1, 0.15) is 23.5 Å². The average molecular weight is 500 g/mol. The van der Waals surface area contributed by atoms with Crippen molar-refractivity contribution in [3.8, 4) is 17.3 Å². The number of nitrogens with zero attached hydrogens (tertiary/aromatic N) is 7. The van der Waals surface area contributed by atoms with Crippen molar-refractivity contribution in [1.29, 1.82) is 5.26 Å². The maximum atomic E-state index is 15.8. The highest BCUT2D eigenvalue weighted by molar-refractivity contribution is 7.22.